The lowest BCUT2D eigenvalue weighted by atomic mass is 9.92. The van der Waals surface area contributed by atoms with Crippen LogP contribution in [0.3, 0.4) is 0 Å². The maximum absolute atomic E-state index is 11.8. The number of β-lactam (4-membered cyclic amide) rings is 1. The minimum atomic E-state index is -1.08. The third-order valence-electron chi connectivity index (χ3n) is 2.74. The predicted molar refractivity (Wildman–Crippen MR) is 66.2 cm³/mol. The molecule has 17 heavy (non-hydrogen) atoms. The number of aliphatic hydroxyl groups excluding tert-OH is 1. The van der Waals surface area contributed by atoms with E-state index in [0.717, 1.165) is 5.75 Å². The molecule has 1 saturated heterocycles. The van der Waals surface area contributed by atoms with Crippen LogP contribution in [0.4, 0.5) is 0 Å². The Morgan fingerprint density at radius 3 is 2.76 bits per heavy atom. The molecule has 7 heteroatoms. The highest BCUT2D eigenvalue weighted by molar-refractivity contribution is 8.22. The topological polar surface area (TPSA) is 77.8 Å². The largest absolute Gasteiger partial charge is 0.477 e. The van der Waals surface area contributed by atoms with Crippen LogP contribution in [0.15, 0.2) is 9.93 Å². The first kappa shape index (κ1) is 12.8. The van der Waals surface area contributed by atoms with Crippen LogP contribution in [0, 0.1) is 5.92 Å². The Kier molecular flexibility index (Phi) is 3.42. The Labute approximate surface area is 107 Å². The summed E-state index contributed by atoms with van der Waals surface area (Å²) in [7, 11) is 0. The van der Waals surface area contributed by atoms with Crippen molar-refractivity contribution in [2.24, 2.45) is 5.92 Å². The summed E-state index contributed by atoms with van der Waals surface area (Å²) >= 11 is 2.79. The molecule has 2 aliphatic heterocycles. The smallest absolute Gasteiger partial charge is 0.354 e. The summed E-state index contributed by atoms with van der Waals surface area (Å²) in [6.45, 7) is 3.49. The van der Waals surface area contributed by atoms with Gasteiger partial charge in [-0.2, -0.15) is 0 Å². The van der Waals surface area contributed by atoms with Gasteiger partial charge in [-0.3, -0.25) is 9.69 Å². The Hall–Kier alpha value is -0.660. The molecule has 0 aromatic rings. The number of carboxylic acids is 1. The van der Waals surface area contributed by atoms with E-state index >= 15 is 0 Å². The molecule has 0 aromatic heterocycles. The summed E-state index contributed by atoms with van der Waals surface area (Å²) in [6.07, 6.45) is -0.739. The monoisotopic (exact) mass is 275 g/mol. The minimum Gasteiger partial charge on any atom is -0.477 e. The van der Waals surface area contributed by atoms with E-state index in [1.54, 1.807) is 6.92 Å². The van der Waals surface area contributed by atoms with E-state index in [-0.39, 0.29) is 17.0 Å². The van der Waals surface area contributed by atoms with E-state index in [1.807, 2.05) is 6.92 Å². The van der Waals surface area contributed by atoms with Crippen LogP contribution in [-0.2, 0) is 9.59 Å². The first-order valence-electron chi connectivity index (χ1n) is 5.27. The van der Waals surface area contributed by atoms with Crippen LogP contribution in [0.2, 0.25) is 0 Å². The molecule has 5 nitrogen and oxygen atoms in total. The third kappa shape index (κ3) is 1.86. The van der Waals surface area contributed by atoms with Gasteiger partial charge < -0.3 is 10.2 Å². The Bertz CT molecular complexity index is 407. The van der Waals surface area contributed by atoms with Gasteiger partial charge in [-0.1, -0.05) is 18.7 Å². The number of nitrogens with zero attached hydrogens (tertiary/aromatic N) is 1. The Balaban J connectivity index is 2.26. The van der Waals surface area contributed by atoms with Gasteiger partial charge >= 0.3 is 5.97 Å². The molecule has 94 valence electrons. The van der Waals surface area contributed by atoms with Crippen molar-refractivity contribution < 1.29 is 19.8 Å². The number of thioether (sulfide) groups is 2. The first-order valence-corrected chi connectivity index (χ1v) is 7.13. The fourth-order valence-corrected chi connectivity index (χ4v) is 4.81. The van der Waals surface area contributed by atoms with Crippen molar-refractivity contribution in [2.45, 2.75) is 25.3 Å². The van der Waals surface area contributed by atoms with Crippen LogP contribution in [0.1, 0.15) is 13.8 Å². The molecule has 1 amide bonds. The Morgan fingerprint density at radius 2 is 2.29 bits per heavy atom. The number of aliphatic hydroxyl groups is 1. The maximum atomic E-state index is 11.8. The number of fused-ring (bicyclic) bond motifs is 1. The number of hydrogen-bond acceptors (Lipinski definition) is 5. The number of hydrogen-bond donors (Lipinski definition) is 2. The number of rotatable bonds is 4. The summed E-state index contributed by atoms with van der Waals surface area (Å²) in [6, 6.07) is 0. The van der Waals surface area contributed by atoms with Gasteiger partial charge in [0.2, 0.25) is 5.91 Å². The zero-order valence-electron chi connectivity index (χ0n) is 9.41. The zero-order chi connectivity index (χ0) is 12.7. The van der Waals surface area contributed by atoms with E-state index in [0.29, 0.717) is 4.24 Å². The first-order chi connectivity index (χ1) is 7.99. The van der Waals surface area contributed by atoms with Gasteiger partial charge in [0.1, 0.15) is 5.37 Å². The van der Waals surface area contributed by atoms with Crippen molar-refractivity contribution in [3.63, 3.8) is 0 Å². The van der Waals surface area contributed by atoms with Crippen molar-refractivity contribution in [2.75, 3.05) is 5.75 Å². The lowest BCUT2D eigenvalue weighted by Crippen LogP contribution is -2.60. The van der Waals surface area contributed by atoms with Crippen molar-refractivity contribution in [3.8, 4) is 0 Å². The number of carbonyl (C=O) groups excluding carboxylic acids is 1. The second kappa shape index (κ2) is 4.55. The van der Waals surface area contributed by atoms with Crippen LogP contribution in [0.25, 0.3) is 0 Å². The van der Waals surface area contributed by atoms with E-state index in [1.165, 1.54) is 28.4 Å². The van der Waals surface area contributed by atoms with E-state index < -0.39 is 18.0 Å². The van der Waals surface area contributed by atoms with Crippen LogP contribution in [0.5, 0.6) is 0 Å². The molecule has 2 aliphatic rings. The molecule has 0 aromatic carbocycles. The molecular formula is C10H13NO4S2. The lowest BCUT2D eigenvalue weighted by molar-refractivity contribution is -0.156. The Morgan fingerprint density at radius 1 is 1.65 bits per heavy atom. The van der Waals surface area contributed by atoms with Crippen LogP contribution >= 0.6 is 23.5 Å². The highest BCUT2D eigenvalue weighted by Gasteiger charge is 2.57. The molecule has 3 atom stereocenters. The summed E-state index contributed by atoms with van der Waals surface area (Å²) in [4.78, 5) is 24.2. The average Bonchev–Trinajstić information content (AvgIpc) is 2.53. The summed E-state index contributed by atoms with van der Waals surface area (Å²) in [5.74, 6) is -1.09. The van der Waals surface area contributed by atoms with Crippen LogP contribution in [-0.4, -0.2) is 44.2 Å². The molecule has 0 bridgehead atoms. The summed E-state index contributed by atoms with van der Waals surface area (Å²) in [5, 5.41) is 18.4. The standard InChI is InChI=1S/C10H13NO4S2/c1-3-16-10-6(9(14)15)11-7(13)5(4(2)12)8(11)17-10/h4-5,8,12H,3H2,1-2H3,(H,14,15)/t4?,5-,8-/m1/s1. The molecule has 2 rings (SSSR count). The van der Waals surface area contributed by atoms with Gasteiger partial charge in [0.25, 0.3) is 0 Å². The van der Waals surface area contributed by atoms with Crippen molar-refractivity contribution in [1.29, 1.82) is 0 Å². The van der Waals surface area contributed by atoms with E-state index in [2.05, 4.69) is 0 Å². The summed E-state index contributed by atoms with van der Waals surface area (Å²) in [5.41, 5.74) is 0.0775. The molecule has 0 saturated carbocycles. The van der Waals surface area contributed by atoms with E-state index in [9.17, 15) is 14.7 Å². The predicted octanol–water partition coefficient (Wildman–Crippen LogP) is 0.905. The number of carbonyl (C=O) groups is 2. The molecule has 1 unspecified atom stereocenters. The van der Waals surface area contributed by atoms with Gasteiger partial charge in [0, 0.05) is 0 Å². The van der Waals surface area contributed by atoms with Gasteiger partial charge in [-0.05, 0) is 12.7 Å². The minimum absolute atomic E-state index is 0.0775. The third-order valence-corrected chi connectivity index (χ3v) is 5.28. The van der Waals surface area contributed by atoms with Gasteiger partial charge in [0.15, 0.2) is 5.70 Å². The highest BCUT2D eigenvalue weighted by atomic mass is 32.2. The van der Waals surface area contributed by atoms with E-state index in [4.69, 9.17) is 5.11 Å². The molecule has 0 aliphatic carbocycles. The maximum Gasteiger partial charge on any atom is 0.354 e. The SMILES string of the molecule is CCSC1=C(C(=O)O)N2C(=O)[C@@H](C(C)O)[C@H]2S1. The van der Waals surface area contributed by atoms with Crippen molar-refractivity contribution in [3.05, 3.63) is 9.93 Å². The fourth-order valence-electron chi connectivity index (χ4n) is 1.98. The molecule has 0 spiro atoms. The fraction of sp³-hybridized carbons (Fsp3) is 0.600. The van der Waals surface area contributed by atoms with Gasteiger partial charge in [-0.25, -0.2) is 4.79 Å². The summed E-state index contributed by atoms with van der Waals surface area (Å²) < 4.78 is 0.668. The second-order valence-corrected chi connectivity index (χ2v) is 6.52. The van der Waals surface area contributed by atoms with Crippen molar-refractivity contribution >= 4 is 35.4 Å². The van der Waals surface area contributed by atoms with Crippen molar-refractivity contribution in [1.82, 2.24) is 4.90 Å². The second-order valence-electron chi connectivity index (χ2n) is 3.86. The van der Waals surface area contributed by atoms with Crippen LogP contribution < -0.4 is 0 Å². The average molecular weight is 275 g/mol. The number of carboxylic acid groups (broad SMARTS) is 1. The molecule has 2 heterocycles. The van der Waals surface area contributed by atoms with Gasteiger partial charge in [0.05, 0.1) is 16.3 Å². The number of amides is 1. The molecule has 1 fully saturated rings. The highest BCUT2D eigenvalue weighted by Crippen LogP contribution is 2.53. The molecule has 2 N–H and O–H groups in total. The lowest BCUT2D eigenvalue weighted by Gasteiger charge is -2.43. The van der Waals surface area contributed by atoms with Gasteiger partial charge in [-0.15, -0.1) is 11.8 Å². The quantitative estimate of drug-likeness (QED) is 0.742. The molecule has 0 radical (unpaired) electrons. The molecular weight excluding hydrogens is 262 g/mol. The normalized spacial score (nSPS) is 29.1. The number of aliphatic carboxylic acids is 1. The zero-order valence-corrected chi connectivity index (χ0v) is 11.0.